The van der Waals surface area contributed by atoms with Crippen LogP contribution < -0.4 is 4.74 Å². The second-order valence-corrected chi connectivity index (χ2v) is 4.07. The van der Waals surface area contributed by atoms with Gasteiger partial charge in [-0.05, 0) is 18.9 Å². The summed E-state index contributed by atoms with van der Waals surface area (Å²) in [6.45, 7) is 6.41. The third-order valence-electron chi connectivity index (χ3n) is 1.87. The van der Waals surface area contributed by atoms with Crippen LogP contribution in [0.3, 0.4) is 0 Å². The average molecular weight is 207 g/mol. The Balaban J connectivity index is 2.72. The molecule has 0 amide bonds. The molecule has 3 heteroatoms. The van der Waals surface area contributed by atoms with Gasteiger partial charge in [0.15, 0.2) is 0 Å². The molecule has 0 N–H and O–H groups in total. The second kappa shape index (κ2) is 5.49. The summed E-state index contributed by atoms with van der Waals surface area (Å²) < 4.78 is 5.61. The SMILES string of the molecule is CC(=O)Cc1cnccc1OCC(C)C. The van der Waals surface area contributed by atoms with Crippen LogP contribution in [0.5, 0.6) is 5.75 Å². The number of rotatable bonds is 5. The van der Waals surface area contributed by atoms with E-state index in [2.05, 4.69) is 18.8 Å². The van der Waals surface area contributed by atoms with Crippen molar-refractivity contribution >= 4 is 5.78 Å². The number of aromatic nitrogens is 1. The maximum Gasteiger partial charge on any atom is 0.134 e. The molecule has 0 atom stereocenters. The molecule has 1 aromatic heterocycles. The Kier molecular flexibility index (Phi) is 4.28. The Morgan fingerprint density at radius 1 is 1.53 bits per heavy atom. The van der Waals surface area contributed by atoms with Gasteiger partial charge in [0, 0.05) is 24.4 Å². The maximum absolute atomic E-state index is 11.0. The predicted molar refractivity (Wildman–Crippen MR) is 59.0 cm³/mol. The van der Waals surface area contributed by atoms with Gasteiger partial charge >= 0.3 is 0 Å². The molecule has 0 saturated carbocycles. The van der Waals surface area contributed by atoms with Crippen molar-refractivity contribution in [3.63, 3.8) is 0 Å². The molecule has 0 fully saturated rings. The second-order valence-electron chi connectivity index (χ2n) is 4.07. The van der Waals surface area contributed by atoms with Crippen molar-refractivity contribution in [2.24, 2.45) is 5.92 Å². The van der Waals surface area contributed by atoms with E-state index in [4.69, 9.17) is 4.74 Å². The molecule has 0 aliphatic heterocycles. The van der Waals surface area contributed by atoms with Crippen LogP contribution in [0.1, 0.15) is 26.3 Å². The Morgan fingerprint density at radius 3 is 2.87 bits per heavy atom. The van der Waals surface area contributed by atoms with Crippen molar-refractivity contribution in [3.8, 4) is 5.75 Å². The molecule has 0 bridgehead atoms. The van der Waals surface area contributed by atoms with Gasteiger partial charge in [0.25, 0.3) is 0 Å². The molecule has 0 spiro atoms. The van der Waals surface area contributed by atoms with Crippen LogP contribution in [0.2, 0.25) is 0 Å². The van der Waals surface area contributed by atoms with Crippen molar-refractivity contribution in [2.45, 2.75) is 27.2 Å². The summed E-state index contributed by atoms with van der Waals surface area (Å²) in [5.74, 6) is 1.37. The first kappa shape index (κ1) is 11.7. The minimum Gasteiger partial charge on any atom is -0.493 e. The van der Waals surface area contributed by atoms with Gasteiger partial charge in [-0.15, -0.1) is 0 Å². The molecular weight excluding hydrogens is 190 g/mol. The van der Waals surface area contributed by atoms with Crippen molar-refractivity contribution in [1.82, 2.24) is 4.98 Å². The summed E-state index contributed by atoms with van der Waals surface area (Å²) in [5.41, 5.74) is 0.866. The summed E-state index contributed by atoms with van der Waals surface area (Å²) in [5, 5.41) is 0. The van der Waals surface area contributed by atoms with Gasteiger partial charge < -0.3 is 4.74 Å². The number of nitrogens with zero attached hydrogens (tertiary/aromatic N) is 1. The van der Waals surface area contributed by atoms with Crippen molar-refractivity contribution in [3.05, 3.63) is 24.0 Å². The molecule has 15 heavy (non-hydrogen) atoms. The molecule has 1 rings (SSSR count). The van der Waals surface area contributed by atoms with Gasteiger partial charge in [-0.25, -0.2) is 0 Å². The Hall–Kier alpha value is -1.38. The van der Waals surface area contributed by atoms with Crippen molar-refractivity contribution < 1.29 is 9.53 Å². The molecule has 0 saturated heterocycles. The molecule has 0 unspecified atom stereocenters. The standard InChI is InChI=1S/C12H17NO2/c1-9(2)8-15-12-4-5-13-7-11(12)6-10(3)14/h4-5,7,9H,6,8H2,1-3H3. The van der Waals surface area contributed by atoms with E-state index in [0.717, 1.165) is 11.3 Å². The topological polar surface area (TPSA) is 39.2 Å². The molecule has 0 radical (unpaired) electrons. The summed E-state index contributed by atoms with van der Waals surface area (Å²) in [4.78, 5) is 15.0. The first-order valence-corrected chi connectivity index (χ1v) is 5.14. The molecule has 0 aliphatic carbocycles. The fraction of sp³-hybridized carbons (Fsp3) is 0.500. The molecule has 0 aromatic carbocycles. The zero-order chi connectivity index (χ0) is 11.3. The Bertz CT molecular complexity index is 334. The van der Waals surface area contributed by atoms with Crippen LogP contribution in [0.25, 0.3) is 0 Å². The fourth-order valence-electron chi connectivity index (χ4n) is 1.21. The van der Waals surface area contributed by atoms with Crippen LogP contribution >= 0.6 is 0 Å². The number of hydrogen-bond acceptors (Lipinski definition) is 3. The third kappa shape index (κ3) is 4.11. The van der Waals surface area contributed by atoms with Gasteiger partial charge in [-0.1, -0.05) is 13.8 Å². The monoisotopic (exact) mass is 207 g/mol. The number of carbonyl (C=O) groups is 1. The number of ketones is 1. The highest BCUT2D eigenvalue weighted by Crippen LogP contribution is 2.18. The molecule has 0 aliphatic rings. The van der Waals surface area contributed by atoms with Gasteiger partial charge in [-0.2, -0.15) is 0 Å². The van der Waals surface area contributed by atoms with Crippen LogP contribution in [0.4, 0.5) is 0 Å². The van der Waals surface area contributed by atoms with E-state index >= 15 is 0 Å². The Labute approximate surface area is 90.5 Å². The summed E-state index contributed by atoms with van der Waals surface area (Å²) in [6, 6.07) is 1.81. The van der Waals surface area contributed by atoms with Crippen LogP contribution in [-0.4, -0.2) is 17.4 Å². The highest BCUT2D eigenvalue weighted by molar-refractivity contribution is 5.78. The van der Waals surface area contributed by atoms with Gasteiger partial charge in [-0.3, -0.25) is 9.78 Å². The van der Waals surface area contributed by atoms with E-state index < -0.39 is 0 Å². The van der Waals surface area contributed by atoms with Crippen LogP contribution in [-0.2, 0) is 11.2 Å². The minimum atomic E-state index is 0.123. The maximum atomic E-state index is 11.0. The van der Waals surface area contributed by atoms with Crippen molar-refractivity contribution in [1.29, 1.82) is 0 Å². The quantitative estimate of drug-likeness (QED) is 0.743. The lowest BCUT2D eigenvalue weighted by Crippen LogP contribution is -2.07. The number of pyridine rings is 1. The van der Waals surface area contributed by atoms with Crippen LogP contribution in [0.15, 0.2) is 18.5 Å². The zero-order valence-electron chi connectivity index (χ0n) is 9.49. The normalized spacial score (nSPS) is 10.4. The zero-order valence-corrected chi connectivity index (χ0v) is 9.49. The van der Waals surface area contributed by atoms with E-state index in [1.54, 1.807) is 25.4 Å². The highest BCUT2D eigenvalue weighted by Gasteiger charge is 2.06. The van der Waals surface area contributed by atoms with E-state index in [0.29, 0.717) is 18.9 Å². The largest absolute Gasteiger partial charge is 0.493 e. The van der Waals surface area contributed by atoms with Gasteiger partial charge in [0.05, 0.1) is 6.61 Å². The van der Waals surface area contributed by atoms with Crippen molar-refractivity contribution in [2.75, 3.05) is 6.61 Å². The third-order valence-corrected chi connectivity index (χ3v) is 1.87. The van der Waals surface area contributed by atoms with Gasteiger partial charge in [0.1, 0.15) is 11.5 Å². The Morgan fingerprint density at radius 2 is 2.27 bits per heavy atom. The lowest BCUT2D eigenvalue weighted by molar-refractivity contribution is -0.116. The number of hydrogen-bond donors (Lipinski definition) is 0. The van der Waals surface area contributed by atoms with E-state index in [1.165, 1.54) is 0 Å². The average Bonchev–Trinajstić information content (AvgIpc) is 2.15. The highest BCUT2D eigenvalue weighted by atomic mass is 16.5. The van der Waals surface area contributed by atoms with Crippen LogP contribution in [0, 0.1) is 5.92 Å². The number of carbonyl (C=O) groups excluding carboxylic acids is 1. The molecular formula is C12H17NO2. The molecule has 82 valence electrons. The molecule has 1 aromatic rings. The smallest absolute Gasteiger partial charge is 0.134 e. The predicted octanol–water partition coefficient (Wildman–Crippen LogP) is 2.25. The minimum absolute atomic E-state index is 0.123. The van der Waals surface area contributed by atoms with Gasteiger partial charge in [0.2, 0.25) is 0 Å². The fourth-order valence-corrected chi connectivity index (χ4v) is 1.21. The van der Waals surface area contributed by atoms with E-state index in [1.807, 2.05) is 0 Å². The lowest BCUT2D eigenvalue weighted by atomic mass is 10.1. The van der Waals surface area contributed by atoms with E-state index in [-0.39, 0.29) is 5.78 Å². The van der Waals surface area contributed by atoms with E-state index in [9.17, 15) is 4.79 Å². The first-order valence-electron chi connectivity index (χ1n) is 5.14. The molecule has 3 nitrogen and oxygen atoms in total. The summed E-state index contributed by atoms with van der Waals surface area (Å²) in [7, 11) is 0. The first-order chi connectivity index (χ1) is 7.09. The summed E-state index contributed by atoms with van der Waals surface area (Å²) >= 11 is 0. The number of Topliss-reactive ketones (excluding diaryl/α,β-unsaturated/α-hetero) is 1. The number of ether oxygens (including phenoxy) is 1. The summed E-state index contributed by atoms with van der Waals surface area (Å²) in [6.07, 6.45) is 3.76. The molecule has 1 heterocycles. The lowest BCUT2D eigenvalue weighted by Gasteiger charge is -2.11.